The van der Waals surface area contributed by atoms with Crippen molar-refractivity contribution in [2.45, 2.75) is 58.9 Å². The molecule has 0 spiro atoms. The zero-order valence-corrected chi connectivity index (χ0v) is 20.8. The Labute approximate surface area is 196 Å². The summed E-state index contributed by atoms with van der Waals surface area (Å²) in [6.45, 7) is 14.6. The van der Waals surface area contributed by atoms with Gasteiger partial charge in [-0.05, 0) is 45.7 Å². The summed E-state index contributed by atoms with van der Waals surface area (Å²) in [4.78, 5) is 3.79. The van der Waals surface area contributed by atoms with Crippen LogP contribution in [0.5, 0.6) is 0 Å². The van der Waals surface area contributed by atoms with Crippen molar-refractivity contribution in [3.05, 3.63) is 77.9 Å². The van der Waals surface area contributed by atoms with E-state index >= 15 is 0 Å². The monoisotopic (exact) mass is 438 g/mol. The van der Waals surface area contributed by atoms with Gasteiger partial charge in [0, 0.05) is 52.5 Å². The average Bonchev–Trinajstić information content (AvgIpc) is 3.43. The molecule has 5 rings (SSSR count). The minimum atomic E-state index is 0.0307. The molecule has 0 saturated carbocycles. The lowest BCUT2D eigenvalue weighted by Gasteiger charge is -2.22. The standard InChI is InChI=1S/C29H34N4/c1-28(2,3)23-9-8-10-26-21(23)13-14-33(26)18-25-27(29(4,5)6)22-12-11-19(15-24(22)31-25)20-16-30-32(7)17-20/h8-17,31H,18H2,1-7H3. The number of fused-ring (bicyclic) bond motifs is 2. The summed E-state index contributed by atoms with van der Waals surface area (Å²) in [6, 6.07) is 15.7. The van der Waals surface area contributed by atoms with Crippen LogP contribution in [0.15, 0.2) is 61.1 Å². The minimum Gasteiger partial charge on any atom is -0.357 e. The quantitative estimate of drug-likeness (QED) is 0.319. The van der Waals surface area contributed by atoms with Crippen molar-refractivity contribution >= 4 is 21.8 Å². The van der Waals surface area contributed by atoms with E-state index in [-0.39, 0.29) is 10.8 Å². The van der Waals surface area contributed by atoms with E-state index in [1.165, 1.54) is 44.2 Å². The zero-order chi connectivity index (χ0) is 23.5. The molecule has 0 unspecified atom stereocenters. The summed E-state index contributed by atoms with van der Waals surface area (Å²) in [5.74, 6) is 0. The molecule has 0 bridgehead atoms. The van der Waals surface area contributed by atoms with Crippen molar-refractivity contribution in [1.29, 1.82) is 0 Å². The van der Waals surface area contributed by atoms with Crippen molar-refractivity contribution in [2.75, 3.05) is 0 Å². The Bertz CT molecular complexity index is 1460. The van der Waals surface area contributed by atoms with Gasteiger partial charge in [0.15, 0.2) is 0 Å². The molecule has 4 heteroatoms. The summed E-state index contributed by atoms with van der Waals surface area (Å²) < 4.78 is 4.23. The largest absolute Gasteiger partial charge is 0.357 e. The highest BCUT2D eigenvalue weighted by atomic mass is 15.2. The smallest absolute Gasteiger partial charge is 0.0629 e. The van der Waals surface area contributed by atoms with E-state index in [4.69, 9.17) is 0 Å². The first kappa shape index (κ1) is 21.6. The number of aromatic nitrogens is 4. The maximum Gasteiger partial charge on any atom is 0.0629 e. The third-order valence-electron chi connectivity index (χ3n) is 6.61. The summed E-state index contributed by atoms with van der Waals surface area (Å²) in [5, 5.41) is 6.99. The highest BCUT2D eigenvalue weighted by Gasteiger charge is 2.24. The lowest BCUT2D eigenvalue weighted by Crippen LogP contribution is -2.15. The first-order valence-electron chi connectivity index (χ1n) is 11.7. The van der Waals surface area contributed by atoms with Crippen LogP contribution < -0.4 is 0 Å². The van der Waals surface area contributed by atoms with Gasteiger partial charge in [-0.25, -0.2) is 0 Å². The summed E-state index contributed by atoms with van der Waals surface area (Å²) in [7, 11) is 1.96. The lowest BCUT2D eigenvalue weighted by atomic mass is 9.84. The molecule has 3 aromatic heterocycles. The second kappa shape index (κ2) is 7.38. The van der Waals surface area contributed by atoms with Crippen molar-refractivity contribution < 1.29 is 0 Å². The predicted molar refractivity (Wildman–Crippen MR) is 139 cm³/mol. The van der Waals surface area contributed by atoms with Crippen LogP contribution in [0.4, 0.5) is 0 Å². The molecule has 0 atom stereocenters. The maximum absolute atomic E-state index is 4.34. The Balaban J connectivity index is 1.63. The number of hydrogen-bond acceptors (Lipinski definition) is 1. The minimum absolute atomic E-state index is 0.0307. The molecule has 170 valence electrons. The van der Waals surface area contributed by atoms with Crippen molar-refractivity contribution in [3.63, 3.8) is 0 Å². The van der Waals surface area contributed by atoms with Gasteiger partial charge >= 0.3 is 0 Å². The first-order chi connectivity index (χ1) is 15.5. The van der Waals surface area contributed by atoms with Gasteiger partial charge < -0.3 is 9.55 Å². The van der Waals surface area contributed by atoms with E-state index in [0.717, 1.165) is 12.1 Å². The van der Waals surface area contributed by atoms with Gasteiger partial charge in [-0.15, -0.1) is 0 Å². The SMILES string of the molecule is Cn1cc(-c2ccc3c(C(C)(C)C)c(Cn4ccc5c(C(C)(C)C)cccc54)[nH]c3c2)cn1. The normalized spacial score (nSPS) is 12.8. The molecule has 1 N–H and O–H groups in total. The molecular weight excluding hydrogens is 404 g/mol. The maximum atomic E-state index is 4.34. The average molecular weight is 439 g/mol. The molecule has 33 heavy (non-hydrogen) atoms. The van der Waals surface area contributed by atoms with Gasteiger partial charge in [0.2, 0.25) is 0 Å². The van der Waals surface area contributed by atoms with Crippen LogP contribution in [0.25, 0.3) is 32.9 Å². The van der Waals surface area contributed by atoms with Gasteiger partial charge in [-0.3, -0.25) is 4.68 Å². The van der Waals surface area contributed by atoms with Gasteiger partial charge in [0.1, 0.15) is 0 Å². The van der Waals surface area contributed by atoms with E-state index < -0.39 is 0 Å². The first-order valence-corrected chi connectivity index (χ1v) is 11.7. The third kappa shape index (κ3) is 3.78. The Hall–Kier alpha value is -3.27. The fraction of sp³-hybridized carbons (Fsp3) is 0.345. The van der Waals surface area contributed by atoms with E-state index in [0.29, 0.717) is 0 Å². The second-order valence-electron chi connectivity index (χ2n) is 11.3. The zero-order valence-electron chi connectivity index (χ0n) is 20.8. The number of nitrogens with zero attached hydrogens (tertiary/aromatic N) is 3. The molecule has 0 radical (unpaired) electrons. The number of nitrogens with one attached hydrogen (secondary N) is 1. The van der Waals surface area contributed by atoms with Crippen LogP contribution in [0.2, 0.25) is 0 Å². The Morgan fingerprint density at radius 1 is 0.879 bits per heavy atom. The van der Waals surface area contributed by atoms with Gasteiger partial charge in [0.25, 0.3) is 0 Å². The molecule has 5 aromatic rings. The molecule has 0 aliphatic rings. The Kier molecular flexibility index (Phi) is 4.82. The lowest BCUT2D eigenvalue weighted by molar-refractivity contribution is 0.583. The van der Waals surface area contributed by atoms with Crippen LogP contribution in [-0.4, -0.2) is 19.3 Å². The highest BCUT2D eigenvalue weighted by Crippen LogP contribution is 2.37. The molecule has 2 aromatic carbocycles. The topological polar surface area (TPSA) is 38.5 Å². The third-order valence-corrected chi connectivity index (χ3v) is 6.61. The Morgan fingerprint density at radius 3 is 2.33 bits per heavy atom. The molecule has 4 nitrogen and oxygen atoms in total. The van der Waals surface area contributed by atoms with Crippen molar-refractivity contribution in [2.24, 2.45) is 7.05 Å². The molecule has 0 aliphatic heterocycles. The molecule has 0 amide bonds. The predicted octanol–water partition coefficient (Wildman–Crippen LogP) is 7.17. The fourth-order valence-corrected chi connectivity index (χ4v) is 5.16. The molecular formula is C29H34N4. The fourth-order valence-electron chi connectivity index (χ4n) is 5.16. The van der Waals surface area contributed by atoms with Gasteiger partial charge in [-0.1, -0.05) is 65.8 Å². The van der Waals surface area contributed by atoms with Gasteiger partial charge in [-0.2, -0.15) is 5.10 Å². The summed E-state index contributed by atoms with van der Waals surface area (Å²) >= 11 is 0. The molecule has 0 aliphatic carbocycles. The molecule has 0 saturated heterocycles. The number of hydrogen-bond donors (Lipinski definition) is 1. The van der Waals surface area contributed by atoms with E-state index in [2.05, 4.69) is 111 Å². The van der Waals surface area contributed by atoms with E-state index in [1.54, 1.807) is 0 Å². The van der Waals surface area contributed by atoms with Crippen molar-refractivity contribution in [1.82, 2.24) is 19.3 Å². The van der Waals surface area contributed by atoms with E-state index in [1.807, 2.05) is 17.9 Å². The highest BCUT2D eigenvalue weighted by molar-refractivity contribution is 5.90. The number of aromatic amines is 1. The number of aryl methyl sites for hydroxylation is 1. The van der Waals surface area contributed by atoms with Gasteiger partial charge in [0.05, 0.1) is 12.7 Å². The van der Waals surface area contributed by atoms with E-state index in [9.17, 15) is 0 Å². The number of benzene rings is 2. The van der Waals surface area contributed by atoms with Crippen LogP contribution in [0.3, 0.4) is 0 Å². The van der Waals surface area contributed by atoms with Crippen LogP contribution >= 0.6 is 0 Å². The summed E-state index contributed by atoms with van der Waals surface area (Å²) in [6.07, 6.45) is 6.22. The molecule has 0 fully saturated rings. The van der Waals surface area contributed by atoms with Crippen LogP contribution in [0, 0.1) is 0 Å². The second-order valence-corrected chi connectivity index (χ2v) is 11.3. The number of rotatable bonds is 3. The van der Waals surface area contributed by atoms with Crippen molar-refractivity contribution in [3.8, 4) is 11.1 Å². The number of H-pyrrole nitrogens is 1. The molecule has 3 heterocycles. The summed E-state index contributed by atoms with van der Waals surface area (Å²) in [5.41, 5.74) is 9.01. The van der Waals surface area contributed by atoms with Crippen LogP contribution in [0.1, 0.15) is 58.4 Å². The van der Waals surface area contributed by atoms with Crippen LogP contribution in [-0.2, 0) is 24.4 Å². The Morgan fingerprint density at radius 2 is 1.67 bits per heavy atom.